The lowest BCUT2D eigenvalue weighted by Crippen LogP contribution is -2.13. The van der Waals surface area contributed by atoms with E-state index in [1.54, 1.807) is 0 Å². The van der Waals surface area contributed by atoms with Gasteiger partial charge in [-0.3, -0.25) is 4.79 Å². The highest BCUT2D eigenvalue weighted by Gasteiger charge is 2.18. The average Bonchev–Trinajstić information content (AvgIpc) is 2.98. The first-order valence-electron chi connectivity index (χ1n) is 6.73. The highest BCUT2D eigenvalue weighted by molar-refractivity contribution is 6.03. The fraction of sp³-hybridized carbons (Fsp3) is 0.267. The number of rotatable bonds is 5. The number of carbonyl (C=O) groups is 2. The van der Waals surface area contributed by atoms with Crippen molar-refractivity contribution < 1.29 is 23.6 Å². The summed E-state index contributed by atoms with van der Waals surface area (Å²) in [4.78, 5) is 22.9. The molecule has 2 aromatic rings. The minimum absolute atomic E-state index is 0.0598. The van der Waals surface area contributed by atoms with Gasteiger partial charge >= 0.3 is 5.97 Å². The van der Waals surface area contributed by atoms with Gasteiger partial charge in [-0.15, -0.1) is 0 Å². The van der Waals surface area contributed by atoms with E-state index < -0.39 is 17.7 Å². The molecule has 0 saturated carbocycles. The van der Waals surface area contributed by atoms with Gasteiger partial charge in [-0.05, 0) is 24.6 Å². The van der Waals surface area contributed by atoms with E-state index in [4.69, 9.17) is 9.63 Å². The summed E-state index contributed by atoms with van der Waals surface area (Å²) < 4.78 is 18.6. The molecule has 7 heteroatoms. The van der Waals surface area contributed by atoms with Crippen LogP contribution in [0.4, 0.5) is 10.1 Å². The number of carbonyl (C=O) groups excluding carboxylic acids is 1. The van der Waals surface area contributed by atoms with Crippen LogP contribution < -0.4 is 5.32 Å². The summed E-state index contributed by atoms with van der Waals surface area (Å²) in [6, 6.07) is 4.62. The molecular weight excluding hydrogens is 291 g/mol. The summed E-state index contributed by atoms with van der Waals surface area (Å²) >= 11 is 0. The maximum atomic E-state index is 13.6. The highest BCUT2D eigenvalue weighted by atomic mass is 19.1. The Kier molecular flexibility index (Phi) is 4.55. The molecule has 1 atom stereocenters. The molecule has 0 fully saturated rings. The summed E-state index contributed by atoms with van der Waals surface area (Å²) in [6.45, 7) is 3.92. The summed E-state index contributed by atoms with van der Waals surface area (Å²) in [5.41, 5.74) is 0.272. The van der Waals surface area contributed by atoms with E-state index in [1.165, 1.54) is 6.07 Å². The fourth-order valence-corrected chi connectivity index (χ4v) is 1.78. The van der Waals surface area contributed by atoms with Crippen molar-refractivity contribution in [1.82, 2.24) is 5.16 Å². The number of carboxylic acid groups (broad SMARTS) is 1. The third-order valence-electron chi connectivity index (χ3n) is 3.33. The van der Waals surface area contributed by atoms with Gasteiger partial charge in [-0.2, -0.15) is 0 Å². The van der Waals surface area contributed by atoms with Crippen LogP contribution in [-0.4, -0.2) is 22.1 Å². The third-order valence-corrected chi connectivity index (χ3v) is 3.33. The van der Waals surface area contributed by atoms with Crippen LogP contribution in [0.1, 0.15) is 52.8 Å². The molecule has 2 N–H and O–H groups in total. The topological polar surface area (TPSA) is 92.4 Å². The molecule has 0 bridgehead atoms. The number of anilines is 1. The lowest BCUT2D eigenvalue weighted by atomic mass is 10.1. The number of hydrogen-bond donors (Lipinski definition) is 2. The molecule has 1 aromatic heterocycles. The minimum atomic E-state index is -1.21. The van der Waals surface area contributed by atoms with Gasteiger partial charge in [0, 0.05) is 12.0 Å². The molecular formula is C15H15FN2O4. The van der Waals surface area contributed by atoms with Crippen LogP contribution in [0.3, 0.4) is 0 Å². The van der Waals surface area contributed by atoms with Crippen LogP contribution in [0.15, 0.2) is 28.8 Å². The molecule has 6 nitrogen and oxygen atoms in total. The number of aromatic nitrogens is 1. The predicted molar refractivity (Wildman–Crippen MR) is 76.5 cm³/mol. The second-order valence-corrected chi connectivity index (χ2v) is 4.88. The number of benzene rings is 1. The Morgan fingerprint density at radius 3 is 2.77 bits per heavy atom. The van der Waals surface area contributed by atoms with Gasteiger partial charge in [-0.25, -0.2) is 9.18 Å². The Labute approximate surface area is 125 Å². The van der Waals surface area contributed by atoms with Crippen molar-refractivity contribution in [2.24, 2.45) is 0 Å². The van der Waals surface area contributed by atoms with Gasteiger partial charge in [0.05, 0.1) is 16.9 Å². The largest absolute Gasteiger partial charge is 0.478 e. The van der Waals surface area contributed by atoms with Gasteiger partial charge in [0.2, 0.25) is 5.76 Å². The number of halogens is 1. The molecule has 0 spiro atoms. The van der Waals surface area contributed by atoms with Crippen molar-refractivity contribution in [2.45, 2.75) is 26.2 Å². The normalized spacial score (nSPS) is 12.0. The lowest BCUT2D eigenvalue weighted by molar-refractivity contribution is 0.0696. The second kappa shape index (κ2) is 6.38. The molecule has 1 heterocycles. The predicted octanol–water partition coefficient (Wildman–Crippen LogP) is 3.28. The Hall–Kier alpha value is -2.70. The van der Waals surface area contributed by atoms with Gasteiger partial charge in [-0.1, -0.05) is 19.0 Å². The number of carboxylic acids is 1. The minimum Gasteiger partial charge on any atom is -0.478 e. The van der Waals surface area contributed by atoms with E-state index in [-0.39, 0.29) is 22.9 Å². The summed E-state index contributed by atoms with van der Waals surface area (Å²) in [5, 5.41) is 15.0. The molecule has 0 aliphatic heterocycles. The molecule has 0 aliphatic carbocycles. The van der Waals surface area contributed by atoms with E-state index in [2.05, 4.69) is 10.5 Å². The van der Waals surface area contributed by atoms with Crippen molar-refractivity contribution in [3.05, 3.63) is 47.1 Å². The summed E-state index contributed by atoms with van der Waals surface area (Å²) in [6.07, 6.45) is 0.836. The maximum absolute atomic E-state index is 13.6. The zero-order chi connectivity index (χ0) is 16.3. The number of nitrogens with zero attached hydrogens (tertiary/aromatic N) is 1. The van der Waals surface area contributed by atoms with E-state index in [9.17, 15) is 14.0 Å². The quantitative estimate of drug-likeness (QED) is 0.884. The van der Waals surface area contributed by atoms with E-state index in [1.807, 2.05) is 13.8 Å². The molecule has 0 saturated heterocycles. The first kappa shape index (κ1) is 15.7. The number of nitrogens with one attached hydrogen (secondary N) is 1. The van der Waals surface area contributed by atoms with Crippen molar-refractivity contribution in [3.63, 3.8) is 0 Å². The zero-order valence-corrected chi connectivity index (χ0v) is 12.1. The fourth-order valence-electron chi connectivity index (χ4n) is 1.78. The van der Waals surface area contributed by atoms with Gasteiger partial charge < -0.3 is 14.9 Å². The molecule has 0 radical (unpaired) electrons. The Morgan fingerprint density at radius 1 is 1.41 bits per heavy atom. The van der Waals surface area contributed by atoms with Crippen LogP contribution >= 0.6 is 0 Å². The number of aromatic carboxylic acids is 1. The van der Waals surface area contributed by atoms with Gasteiger partial charge in [0.1, 0.15) is 5.82 Å². The molecule has 1 unspecified atom stereocenters. The molecule has 116 valence electrons. The van der Waals surface area contributed by atoms with Crippen molar-refractivity contribution in [3.8, 4) is 0 Å². The van der Waals surface area contributed by atoms with Gasteiger partial charge in [0.25, 0.3) is 5.91 Å². The summed E-state index contributed by atoms with van der Waals surface area (Å²) in [7, 11) is 0. The van der Waals surface area contributed by atoms with Crippen molar-refractivity contribution >= 4 is 17.6 Å². The van der Waals surface area contributed by atoms with E-state index >= 15 is 0 Å². The van der Waals surface area contributed by atoms with Crippen LogP contribution in [0.2, 0.25) is 0 Å². The zero-order valence-electron chi connectivity index (χ0n) is 12.1. The number of amides is 1. The molecule has 1 aromatic carbocycles. The van der Waals surface area contributed by atoms with Crippen LogP contribution in [0.25, 0.3) is 0 Å². The highest BCUT2D eigenvalue weighted by Crippen LogP contribution is 2.20. The first-order valence-corrected chi connectivity index (χ1v) is 6.73. The molecule has 1 amide bonds. The summed E-state index contributed by atoms with van der Waals surface area (Å²) in [5.74, 6) is -2.56. The van der Waals surface area contributed by atoms with E-state index in [0.29, 0.717) is 5.69 Å². The van der Waals surface area contributed by atoms with Crippen LogP contribution in [0.5, 0.6) is 0 Å². The average molecular weight is 306 g/mol. The van der Waals surface area contributed by atoms with Crippen molar-refractivity contribution in [2.75, 3.05) is 5.32 Å². The second-order valence-electron chi connectivity index (χ2n) is 4.88. The van der Waals surface area contributed by atoms with E-state index in [0.717, 1.165) is 24.6 Å². The van der Waals surface area contributed by atoms with Crippen molar-refractivity contribution in [1.29, 1.82) is 0 Å². The molecule has 2 rings (SSSR count). The lowest BCUT2D eigenvalue weighted by Gasteiger charge is -2.05. The SMILES string of the molecule is CCC(C)c1cc(C(=O)Nc2cc(C(=O)O)ccc2F)on1. The Morgan fingerprint density at radius 2 is 2.14 bits per heavy atom. The Balaban J connectivity index is 2.20. The van der Waals surface area contributed by atoms with Gasteiger partial charge in [0.15, 0.2) is 0 Å². The first-order chi connectivity index (χ1) is 10.4. The standard InChI is InChI=1S/C15H15FN2O4/c1-3-8(2)11-7-13(22-18-11)14(19)17-12-6-9(15(20)21)4-5-10(12)16/h4-8H,3H2,1-2H3,(H,17,19)(H,20,21). The monoisotopic (exact) mass is 306 g/mol. The third kappa shape index (κ3) is 3.30. The Bertz CT molecular complexity index is 711. The molecule has 0 aliphatic rings. The smallest absolute Gasteiger partial charge is 0.335 e. The molecule has 22 heavy (non-hydrogen) atoms. The number of hydrogen-bond acceptors (Lipinski definition) is 4. The maximum Gasteiger partial charge on any atom is 0.335 e. The van der Waals surface area contributed by atoms with Crippen LogP contribution in [0, 0.1) is 5.82 Å². The van der Waals surface area contributed by atoms with Crippen LogP contribution in [-0.2, 0) is 0 Å².